The van der Waals surface area contributed by atoms with Crippen molar-refractivity contribution in [1.29, 1.82) is 0 Å². The van der Waals surface area contributed by atoms with Crippen LogP contribution in [0.5, 0.6) is 0 Å². The summed E-state index contributed by atoms with van der Waals surface area (Å²) in [5.74, 6) is 2.59. The van der Waals surface area contributed by atoms with E-state index in [1.54, 1.807) is 7.11 Å². The van der Waals surface area contributed by atoms with Crippen LogP contribution >= 0.6 is 0 Å². The number of hydrogen-bond donors (Lipinski definition) is 1. The molecule has 0 aromatic heterocycles. The van der Waals surface area contributed by atoms with Crippen molar-refractivity contribution in [3.8, 4) is 12.3 Å². The summed E-state index contributed by atoms with van der Waals surface area (Å²) in [7, 11) is 1.80. The van der Waals surface area contributed by atoms with E-state index in [0.29, 0.717) is 18.7 Å². The molecule has 1 aliphatic heterocycles. The molecule has 0 aromatic rings. The molecule has 1 heterocycles. The Balaban J connectivity index is 2.18. The minimum atomic E-state index is 0.465. The third-order valence-corrected chi connectivity index (χ3v) is 3.10. The van der Waals surface area contributed by atoms with Gasteiger partial charge in [-0.05, 0) is 19.8 Å². The van der Waals surface area contributed by atoms with Crippen molar-refractivity contribution in [1.82, 2.24) is 10.2 Å². The topological polar surface area (TPSA) is 24.5 Å². The summed E-state index contributed by atoms with van der Waals surface area (Å²) in [5, 5.41) is 3.25. The second-order valence-electron chi connectivity index (χ2n) is 4.16. The Kier molecular flexibility index (Phi) is 5.70. The van der Waals surface area contributed by atoms with Crippen molar-refractivity contribution in [2.45, 2.75) is 31.9 Å². The zero-order chi connectivity index (χ0) is 11.1. The van der Waals surface area contributed by atoms with Crippen LogP contribution in [0.15, 0.2) is 0 Å². The molecule has 1 N–H and O–H groups in total. The number of rotatable bonds is 5. The van der Waals surface area contributed by atoms with E-state index in [4.69, 9.17) is 11.2 Å². The quantitative estimate of drug-likeness (QED) is 0.534. The highest BCUT2D eigenvalue weighted by molar-refractivity contribution is 4.87. The van der Waals surface area contributed by atoms with Gasteiger partial charge in [0.05, 0.1) is 12.6 Å². The van der Waals surface area contributed by atoms with Gasteiger partial charge in [-0.25, -0.2) is 0 Å². The molecule has 1 saturated heterocycles. The van der Waals surface area contributed by atoms with Gasteiger partial charge in [-0.3, -0.25) is 4.90 Å². The zero-order valence-corrected chi connectivity index (χ0v) is 9.83. The first kappa shape index (κ1) is 12.5. The van der Waals surface area contributed by atoms with E-state index in [1.807, 2.05) is 0 Å². The largest absolute Gasteiger partial charge is 0.381 e. The van der Waals surface area contributed by atoms with Crippen molar-refractivity contribution in [3.63, 3.8) is 0 Å². The van der Waals surface area contributed by atoms with E-state index in [-0.39, 0.29) is 0 Å². The number of terminal acetylenes is 1. The van der Waals surface area contributed by atoms with E-state index < -0.39 is 0 Å². The Labute approximate surface area is 93.2 Å². The highest BCUT2D eigenvalue weighted by Crippen LogP contribution is 2.14. The maximum Gasteiger partial charge on any atom is 0.0595 e. The molecule has 1 fully saturated rings. The van der Waals surface area contributed by atoms with Gasteiger partial charge in [-0.15, -0.1) is 6.42 Å². The number of likely N-dealkylation sites (tertiary alicyclic amines) is 1. The molecular weight excluding hydrogens is 188 g/mol. The van der Waals surface area contributed by atoms with Gasteiger partial charge in [0.25, 0.3) is 0 Å². The van der Waals surface area contributed by atoms with Gasteiger partial charge in [0, 0.05) is 32.8 Å². The fourth-order valence-corrected chi connectivity index (χ4v) is 2.03. The number of piperidine rings is 1. The van der Waals surface area contributed by atoms with Gasteiger partial charge in [0.2, 0.25) is 0 Å². The number of nitrogens with zero attached hydrogens (tertiary/aromatic N) is 1. The van der Waals surface area contributed by atoms with Crippen LogP contribution in [-0.2, 0) is 4.74 Å². The molecule has 1 atom stereocenters. The molecule has 0 saturated carbocycles. The number of nitrogens with one attached hydrogen (secondary N) is 1. The van der Waals surface area contributed by atoms with Crippen molar-refractivity contribution < 1.29 is 4.74 Å². The van der Waals surface area contributed by atoms with E-state index >= 15 is 0 Å². The van der Waals surface area contributed by atoms with Gasteiger partial charge in [0.1, 0.15) is 0 Å². The van der Waals surface area contributed by atoms with E-state index in [0.717, 1.165) is 32.5 Å². The molecule has 0 bridgehead atoms. The lowest BCUT2D eigenvalue weighted by Gasteiger charge is -2.35. The van der Waals surface area contributed by atoms with Crippen molar-refractivity contribution >= 4 is 0 Å². The zero-order valence-electron chi connectivity index (χ0n) is 9.83. The summed E-state index contributed by atoms with van der Waals surface area (Å²) >= 11 is 0. The lowest BCUT2D eigenvalue weighted by atomic mass is 10.1. The Morgan fingerprint density at radius 3 is 2.73 bits per heavy atom. The summed E-state index contributed by atoms with van der Waals surface area (Å²) in [6, 6.07) is 0.566. The Hall–Kier alpha value is -0.560. The van der Waals surface area contributed by atoms with Gasteiger partial charge < -0.3 is 10.1 Å². The van der Waals surface area contributed by atoms with Crippen molar-refractivity contribution in [3.05, 3.63) is 0 Å². The minimum Gasteiger partial charge on any atom is -0.381 e. The first-order valence-electron chi connectivity index (χ1n) is 5.69. The molecule has 3 heteroatoms. The summed E-state index contributed by atoms with van der Waals surface area (Å²) in [6.45, 7) is 6.16. The van der Waals surface area contributed by atoms with Crippen LogP contribution in [0.25, 0.3) is 0 Å². The highest BCUT2D eigenvalue weighted by atomic mass is 16.5. The molecule has 0 spiro atoms. The maximum absolute atomic E-state index is 5.35. The maximum atomic E-state index is 5.35. The van der Waals surface area contributed by atoms with Crippen LogP contribution in [0.3, 0.4) is 0 Å². The first-order chi connectivity index (χ1) is 7.27. The van der Waals surface area contributed by atoms with Gasteiger partial charge in [0.15, 0.2) is 0 Å². The van der Waals surface area contributed by atoms with Crippen LogP contribution < -0.4 is 5.32 Å². The molecule has 15 heavy (non-hydrogen) atoms. The average molecular weight is 210 g/mol. The molecule has 1 aliphatic rings. The Morgan fingerprint density at radius 1 is 1.53 bits per heavy atom. The monoisotopic (exact) mass is 210 g/mol. The number of hydrogen-bond acceptors (Lipinski definition) is 3. The highest BCUT2D eigenvalue weighted by Gasteiger charge is 2.21. The van der Waals surface area contributed by atoms with Crippen LogP contribution in [0.4, 0.5) is 0 Å². The normalized spacial score (nSPS) is 21.1. The second-order valence-corrected chi connectivity index (χ2v) is 4.16. The third-order valence-electron chi connectivity index (χ3n) is 3.10. The van der Waals surface area contributed by atoms with Gasteiger partial charge in [-0.2, -0.15) is 0 Å². The van der Waals surface area contributed by atoms with Gasteiger partial charge in [-0.1, -0.05) is 5.92 Å². The first-order valence-corrected chi connectivity index (χ1v) is 5.69. The van der Waals surface area contributed by atoms with Crippen LogP contribution in [0.1, 0.15) is 19.8 Å². The Bertz CT molecular complexity index is 204. The van der Waals surface area contributed by atoms with Crippen LogP contribution in [0, 0.1) is 12.3 Å². The second kappa shape index (κ2) is 6.84. The molecule has 0 aromatic carbocycles. The number of ether oxygens (including phenoxy) is 1. The average Bonchev–Trinajstić information content (AvgIpc) is 2.29. The predicted octanol–water partition coefficient (Wildman–Crippen LogP) is 0.709. The molecule has 1 rings (SSSR count). The number of methoxy groups -OCH3 is 1. The van der Waals surface area contributed by atoms with Crippen LogP contribution in [-0.4, -0.2) is 50.3 Å². The van der Waals surface area contributed by atoms with E-state index in [2.05, 4.69) is 23.1 Å². The fraction of sp³-hybridized carbons (Fsp3) is 0.833. The van der Waals surface area contributed by atoms with E-state index in [1.165, 1.54) is 0 Å². The lowest BCUT2D eigenvalue weighted by molar-refractivity contribution is 0.0299. The van der Waals surface area contributed by atoms with E-state index in [9.17, 15) is 0 Å². The molecule has 0 aliphatic carbocycles. The predicted molar refractivity (Wildman–Crippen MR) is 62.8 cm³/mol. The molecule has 1 unspecified atom stereocenters. The van der Waals surface area contributed by atoms with Crippen molar-refractivity contribution in [2.24, 2.45) is 0 Å². The molecule has 3 nitrogen and oxygen atoms in total. The summed E-state index contributed by atoms with van der Waals surface area (Å²) < 4.78 is 5.35. The van der Waals surface area contributed by atoms with Crippen LogP contribution in [0.2, 0.25) is 0 Å². The Morgan fingerprint density at radius 2 is 2.20 bits per heavy atom. The fourth-order valence-electron chi connectivity index (χ4n) is 2.03. The van der Waals surface area contributed by atoms with Crippen molar-refractivity contribution in [2.75, 3.05) is 33.3 Å². The molecule has 0 radical (unpaired) electrons. The summed E-state index contributed by atoms with van der Waals surface area (Å²) in [5.41, 5.74) is 0. The molecular formula is C12H22N2O. The molecule has 86 valence electrons. The third kappa shape index (κ3) is 4.21. The smallest absolute Gasteiger partial charge is 0.0595 e. The minimum absolute atomic E-state index is 0.465. The van der Waals surface area contributed by atoms with Gasteiger partial charge >= 0.3 is 0 Å². The molecule has 0 amide bonds. The summed E-state index contributed by atoms with van der Waals surface area (Å²) in [6.07, 6.45) is 7.95. The standard InChI is InChI=1S/C12H22N2O/c1-4-7-13-10-11(2)14-8-5-12(15-3)6-9-14/h1,11-13H,5-10H2,2-3H3. The summed E-state index contributed by atoms with van der Waals surface area (Å²) in [4.78, 5) is 2.50. The lowest BCUT2D eigenvalue weighted by Crippen LogP contribution is -2.46. The SMILES string of the molecule is C#CCNCC(C)N1CCC(OC)CC1.